The van der Waals surface area contributed by atoms with Gasteiger partial charge in [-0.3, -0.25) is 9.11 Å². The van der Waals surface area contributed by atoms with Crippen molar-refractivity contribution in [3.05, 3.63) is 35.4 Å². The summed E-state index contributed by atoms with van der Waals surface area (Å²) >= 11 is 0. The molecule has 0 aliphatic heterocycles. The van der Waals surface area contributed by atoms with Gasteiger partial charge in [0.05, 0.1) is 0 Å². The second-order valence-corrected chi connectivity index (χ2v) is 8.10. The molecule has 0 atom stereocenters. The molecule has 0 saturated heterocycles. The van der Waals surface area contributed by atoms with Crippen LogP contribution >= 0.6 is 0 Å². The molecule has 148 valence electrons. The molecule has 0 fully saturated rings. The summed E-state index contributed by atoms with van der Waals surface area (Å²) in [6, 6.07) is 2.55. The highest BCUT2D eigenvalue weighted by atomic mass is 32.2. The van der Waals surface area contributed by atoms with Gasteiger partial charge in [0, 0.05) is 30.4 Å². The molecule has 2 aromatic carbocycles. The summed E-state index contributed by atoms with van der Waals surface area (Å²) in [6.45, 7) is 0. The summed E-state index contributed by atoms with van der Waals surface area (Å²) in [4.78, 5) is -1.96. The summed E-state index contributed by atoms with van der Waals surface area (Å²) in [6.07, 6.45) is -1.41. The van der Waals surface area contributed by atoms with Crippen LogP contribution in [0.3, 0.4) is 0 Å². The van der Waals surface area contributed by atoms with Crippen LogP contribution in [0.1, 0.15) is 17.2 Å². The maximum Gasteiger partial charge on any atom is 0.298 e. The number of phenolic OH excluding ortho intramolecular Hbond substituents is 4. The maximum atomic E-state index is 11.2. The molecule has 0 heterocycles. The lowest BCUT2D eigenvalue weighted by molar-refractivity contribution is 0.130. The molecule has 0 aromatic heterocycles. The van der Waals surface area contributed by atoms with Gasteiger partial charge in [0.1, 0.15) is 38.9 Å². The Morgan fingerprint density at radius 2 is 1.04 bits per heavy atom. The van der Waals surface area contributed by atoms with Crippen molar-refractivity contribution in [1.82, 2.24) is 0 Å². The molecule has 2 aromatic rings. The highest BCUT2D eigenvalue weighted by Crippen LogP contribution is 2.42. The highest BCUT2D eigenvalue weighted by molar-refractivity contribution is 7.86. The molecule has 2 rings (SSSR count). The predicted molar refractivity (Wildman–Crippen MR) is 88.0 cm³/mol. The molecule has 0 unspecified atom stereocenters. The first-order chi connectivity index (χ1) is 12.3. The van der Waals surface area contributed by atoms with E-state index in [9.17, 15) is 37.3 Å². The number of methoxy groups -OCH3 is 1. The fraction of sp³-hybridized carbons (Fsp3) is 0.143. The molecule has 0 saturated carbocycles. The Kier molecular flexibility index (Phi) is 5.27. The number of aromatic hydroxyl groups is 4. The Labute approximate surface area is 153 Å². The van der Waals surface area contributed by atoms with E-state index in [0.717, 1.165) is 19.2 Å². The van der Waals surface area contributed by atoms with Gasteiger partial charge in [0.25, 0.3) is 20.2 Å². The average molecular weight is 422 g/mol. The van der Waals surface area contributed by atoms with E-state index < -0.39 is 59.1 Å². The SMILES string of the molecule is COC(c1cc(O)c(S(=O)(=O)O)cc1O)c1cc(O)c(S(=O)(=O)O)cc1O. The Bertz CT molecular complexity index is 1020. The minimum atomic E-state index is -4.84. The molecule has 0 radical (unpaired) electrons. The zero-order valence-corrected chi connectivity index (χ0v) is 15.1. The van der Waals surface area contributed by atoms with E-state index in [-0.39, 0.29) is 11.1 Å². The number of phenols is 4. The van der Waals surface area contributed by atoms with Crippen molar-refractivity contribution >= 4 is 20.2 Å². The monoisotopic (exact) mass is 422 g/mol. The topological polar surface area (TPSA) is 199 Å². The molecule has 0 spiro atoms. The van der Waals surface area contributed by atoms with Crippen molar-refractivity contribution in [2.75, 3.05) is 7.11 Å². The summed E-state index contributed by atoms with van der Waals surface area (Å²) in [7, 11) is -8.58. The van der Waals surface area contributed by atoms with Crippen LogP contribution in [0.5, 0.6) is 23.0 Å². The van der Waals surface area contributed by atoms with E-state index in [1.807, 2.05) is 0 Å². The highest BCUT2D eigenvalue weighted by Gasteiger charge is 2.28. The average Bonchev–Trinajstić information content (AvgIpc) is 2.51. The smallest absolute Gasteiger partial charge is 0.298 e. The molecule has 0 amide bonds. The largest absolute Gasteiger partial charge is 0.508 e. The van der Waals surface area contributed by atoms with Gasteiger partial charge in [-0.1, -0.05) is 0 Å². The van der Waals surface area contributed by atoms with E-state index in [1.54, 1.807) is 0 Å². The van der Waals surface area contributed by atoms with E-state index in [2.05, 4.69) is 0 Å². The van der Waals surface area contributed by atoms with E-state index in [1.165, 1.54) is 0 Å². The molecular formula is C14H14O11S2. The van der Waals surface area contributed by atoms with Crippen LogP contribution in [-0.2, 0) is 25.0 Å². The summed E-state index contributed by atoms with van der Waals surface area (Å²) in [5, 5.41) is 39.7. The van der Waals surface area contributed by atoms with Gasteiger partial charge >= 0.3 is 0 Å². The van der Waals surface area contributed by atoms with Gasteiger partial charge in [-0.05, 0) is 12.1 Å². The molecule has 6 N–H and O–H groups in total. The summed E-state index contributed by atoms with van der Waals surface area (Å²) in [5.41, 5.74) is -0.562. The lowest BCUT2D eigenvalue weighted by atomic mass is 9.99. The first kappa shape index (κ1) is 20.7. The second-order valence-electron chi connectivity index (χ2n) is 5.32. The molecule has 0 aliphatic carbocycles. The first-order valence-electron chi connectivity index (χ1n) is 6.87. The number of rotatable bonds is 5. The third kappa shape index (κ3) is 4.06. The standard InChI is InChI=1S/C14H14O11S2/c1-25-14(6-2-10(17)12(4-8(6)15)26(19,20)21)7-3-11(18)13(5-9(7)16)27(22,23)24/h2-5,14-18H,1H3,(H,19,20,21)(H,22,23,24). The summed E-state index contributed by atoms with van der Waals surface area (Å²) in [5.74, 6) is -3.40. The quantitative estimate of drug-likeness (QED) is 0.293. The number of hydrogen-bond acceptors (Lipinski definition) is 9. The molecule has 11 nitrogen and oxygen atoms in total. The molecule has 0 aliphatic rings. The van der Waals surface area contributed by atoms with Crippen molar-refractivity contribution in [2.45, 2.75) is 15.9 Å². The number of benzene rings is 2. The molecule has 27 heavy (non-hydrogen) atoms. The second kappa shape index (κ2) is 6.86. The van der Waals surface area contributed by atoms with Gasteiger partial charge in [-0.15, -0.1) is 0 Å². The zero-order valence-electron chi connectivity index (χ0n) is 13.4. The van der Waals surface area contributed by atoms with Crippen molar-refractivity contribution in [1.29, 1.82) is 0 Å². The van der Waals surface area contributed by atoms with Crippen LogP contribution in [-0.4, -0.2) is 53.5 Å². The van der Waals surface area contributed by atoms with Crippen LogP contribution < -0.4 is 0 Å². The van der Waals surface area contributed by atoms with Crippen molar-refractivity contribution in [3.8, 4) is 23.0 Å². The summed E-state index contributed by atoms with van der Waals surface area (Å²) < 4.78 is 67.7. The lowest BCUT2D eigenvalue weighted by Crippen LogP contribution is -2.07. The van der Waals surface area contributed by atoms with Crippen LogP contribution in [0.2, 0.25) is 0 Å². The minimum absolute atomic E-state index is 0.281. The minimum Gasteiger partial charge on any atom is -0.508 e. The fourth-order valence-electron chi connectivity index (χ4n) is 2.40. The fourth-order valence-corrected chi connectivity index (χ4v) is 3.57. The molecule has 0 bridgehead atoms. The Morgan fingerprint density at radius 1 is 0.704 bits per heavy atom. The predicted octanol–water partition coefficient (Wildman–Crippen LogP) is 0.738. The third-order valence-corrected chi connectivity index (χ3v) is 5.34. The van der Waals surface area contributed by atoms with Crippen LogP contribution in [0.4, 0.5) is 0 Å². The Morgan fingerprint density at radius 3 is 1.30 bits per heavy atom. The van der Waals surface area contributed by atoms with Crippen LogP contribution in [0.15, 0.2) is 34.1 Å². The Hall–Kier alpha value is -2.58. The number of hydrogen-bond donors (Lipinski definition) is 6. The van der Waals surface area contributed by atoms with E-state index in [4.69, 9.17) is 13.8 Å². The van der Waals surface area contributed by atoms with Crippen molar-refractivity contribution in [2.24, 2.45) is 0 Å². The van der Waals surface area contributed by atoms with Crippen LogP contribution in [0, 0.1) is 0 Å². The maximum absolute atomic E-state index is 11.2. The van der Waals surface area contributed by atoms with Crippen LogP contribution in [0.25, 0.3) is 0 Å². The van der Waals surface area contributed by atoms with E-state index in [0.29, 0.717) is 12.1 Å². The number of ether oxygens (including phenoxy) is 1. The van der Waals surface area contributed by atoms with Gasteiger partial charge in [0.15, 0.2) is 0 Å². The molecule has 13 heteroatoms. The zero-order chi connectivity index (χ0) is 20.7. The first-order valence-corrected chi connectivity index (χ1v) is 9.75. The third-order valence-electron chi connectivity index (χ3n) is 3.57. The Balaban J connectivity index is 2.69. The van der Waals surface area contributed by atoms with Gasteiger partial charge in [0.2, 0.25) is 0 Å². The van der Waals surface area contributed by atoms with Crippen molar-refractivity contribution < 1.29 is 51.1 Å². The van der Waals surface area contributed by atoms with E-state index >= 15 is 0 Å². The van der Waals surface area contributed by atoms with Gasteiger partial charge < -0.3 is 25.2 Å². The molecular weight excluding hydrogens is 408 g/mol. The van der Waals surface area contributed by atoms with Gasteiger partial charge in [-0.25, -0.2) is 0 Å². The van der Waals surface area contributed by atoms with Crippen molar-refractivity contribution in [3.63, 3.8) is 0 Å². The lowest BCUT2D eigenvalue weighted by Gasteiger charge is -2.20. The normalized spacial score (nSPS) is 12.4. The van der Waals surface area contributed by atoms with Gasteiger partial charge in [-0.2, -0.15) is 16.8 Å².